The van der Waals surface area contributed by atoms with Crippen LogP contribution in [-0.4, -0.2) is 15.0 Å². The molecule has 6 nitrogen and oxygen atoms in total. The fourth-order valence-electron chi connectivity index (χ4n) is 2.14. The summed E-state index contributed by atoms with van der Waals surface area (Å²) in [6.07, 6.45) is 4.47. The van der Waals surface area contributed by atoms with Crippen LogP contribution in [-0.2, 0) is 0 Å². The van der Waals surface area contributed by atoms with Crippen LogP contribution in [0.25, 0.3) is 22.6 Å². The van der Waals surface area contributed by atoms with Crippen LogP contribution in [0.4, 0.5) is 0 Å². The molecule has 0 unspecified atom stereocenters. The zero-order valence-electron chi connectivity index (χ0n) is 10.8. The highest BCUT2D eigenvalue weighted by Gasteiger charge is 2.13. The topological polar surface area (TPSA) is 98.6 Å². The van der Waals surface area contributed by atoms with Gasteiger partial charge < -0.3 is 15.0 Å². The predicted octanol–water partition coefficient (Wildman–Crippen LogP) is 1.09. The minimum atomic E-state index is -0.254. The molecule has 104 valence electrons. The molecule has 0 aromatic carbocycles. The van der Waals surface area contributed by atoms with Gasteiger partial charge in [0.25, 0.3) is 0 Å². The van der Waals surface area contributed by atoms with Crippen LogP contribution in [0.15, 0.2) is 63.3 Å². The van der Waals surface area contributed by atoms with E-state index in [1.165, 1.54) is 48.9 Å². The number of hydrogen-bond acceptors (Lipinski definition) is 3. The van der Waals surface area contributed by atoms with Gasteiger partial charge in [-0.15, -0.1) is 0 Å². The van der Waals surface area contributed by atoms with Crippen molar-refractivity contribution in [3.8, 4) is 22.6 Å². The van der Waals surface area contributed by atoms with Crippen molar-refractivity contribution < 1.29 is 0 Å². The molecule has 21 heavy (non-hydrogen) atoms. The molecule has 0 aliphatic heterocycles. The lowest BCUT2D eigenvalue weighted by Crippen LogP contribution is -2.11. The summed E-state index contributed by atoms with van der Waals surface area (Å²) in [7, 11) is 0. The molecule has 3 heterocycles. The molecule has 3 N–H and O–H groups in total. The van der Waals surface area contributed by atoms with E-state index in [1.807, 2.05) is 0 Å². The zero-order chi connectivity index (χ0) is 14.8. The van der Waals surface area contributed by atoms with E-state index < -0.39 is 0 Å². The number of aromatic amines is 3. The summed E-state index contributed by atoms with van der Waals surface area (Å²) >= 11 is 0. The van der Waals surface area contributed by atoms with Crippen molar-refractivity contribution in [1.29, 1.82) is 0 Å². The summed E-state index contributed by atoms with van der Waals surface area (Å²) in [5.74, 6) is 0. The van der Waals surface area contributed by atoms with Crippen LogP contribution >= 0.6 is 0 Å². The molecular weight excluding hydrogens is 270 g/mol. The second kappa shape index (κ2) is 5.09. The molecule has 0 saturated heterocycles. The van der Waals surface area contributed by atoms with Gasteiger partial charge in [-0.25, -0.2) is 0 Å². The van der Waals surface area contributed by atoms with Crippen molar-refractivity contribution in [2.75, 3.05) is 0 Å². The number of hydrogen-bond donors (Lipinski definition) is 3. The van der Waals surface area contributed by atoms with Crippen LogP contribution < -0.4 is 16.3 Å². The Morgan fingerprint density at radius 2 is 1.24 bits per heavy atom. The quantitative estimate of drug-likeness (QED) is 0.655. The Bertz CT molecular complexity index is 966. The monoisotopic (exact) mass is 281 g/mol. The van der Waals surface area contributed by atoms with E-state index in [4.69, 9.17) is 0 Å². The molecule has 0 spiro atoms. The second-order valence-electron chi connectivity index (χ2n) is 4.47. The Hall–Kier alpha value is -3.15. The third-order valence-corrected chi connectivity index (χ3v) is 3.04. The van der Waals surface area contributed by atoms with Crippen LogP contribution in [0.1, 0.15) is 0 Å². The van der Waals surface area contributed by atoms with Crippen molar-refractivity contribution in [2.45, 2.75) is 0 Å². The van der Waals surface area contributed by atoms with Crippen molar-refractivity contribution in [3.63, 3.8) is 0 Å². The number of aromatic nitrogens is 3. The first-order valence-electron chi connectivity index (χ1n) is 6.25. The predicted molar refractivity (Wildman–Crippen MR) is 79.2 cm³/mol. The normalized spacial score (nSPS) is 10.5. The summed E-state index contributed by atoms with van der Waals surface area (Å²) < 4.78 is 0. The molecule has 6 heteroatoms. The van der Waals surface area contributed by atoms with Gasteiger partial charge in [0.2, 0.25) is 0 Å². The number of rotatable bonds is 2. The first-order valence-corrected chi connectivity index (χ1v) is 6.25. The molecule has 0 radical (unpaired) electrons. The molecule has 0 saturated carbocycles. The van der Waals surface area contributed by atoms with Crippen molar-refractivity contribution in [2.24, 2.45) is 0 Å². The smallest absolute Gasteiger partial charge is 0.191 e. The SMILES string of the molecule is O=c1cc[nH]c(-c2[nH]ccc(=O)c2-c2cc(=O)cc[nH]2)c1. The molecule has 0 fully saturated rings. The first kappa shape index (κ1) is 12.9. The molecular formula is C15H11N3O3. The summed E-state index contributed by atoms with van der Waals surface area (Å²) in [6.45, 7) is 0. The zero-order valence-corrected chi connectivity index (χ0v) is 10.8. The van der Waals surface area contributed by atoms with Crippen LogP contribution in [0.3, 0.4) is 0 Å². The van der Waals surface area contributed by atoms with Crippen LogP contribution in [0.2, 0.25) is 0 Å². The Morgan fingerprint density at radius 3 is 1.90 bits per heavy atom. The van der Waals surface area contributed by atoms with E-state index in [1.54, 1.807) is 0 Å². The van der Waals surface area contributed by atoms with Crippen molar-refractivity contribution in [3.05, 3.63) is 79.6 Å². The van der Waals surface area contributed by atoms with E-state index in [9.17, 15) is 14.4 Å². The van der Waals surface area contributed by atoms with E-state index >= 15 is 0 Å². The Balaban J connectivity index is 2.33. The summed E-state index contributed by atoms with van der Waals surface area (Å²) in [4.78, 5) is 43.9. The van der Waals surface area contributed by atoms with Gasteiger partial charge in [0.15, 0.2) is 16.3 Å². The average Bonchev–Trinajstić information content (AvgIpc) is 2.47. The average molecular weight is 281 g/mol. The third-order valence-electron chi connectivity index (χ3n) is 3.04. The maximum absolute atomic E-state index is 12.2. The Morgan fingerprint density at radius 1 is 0.667 bits per heavy atom. The van der Waals surface area contributed by atoms with E-state index in [2.05, 4.69) is 15.0 Å². The van der Waals surface area contributed by atoms with Crippen molar-refractivity contribution in [1.82, 2.24) is 15.0 Å². The molecule has 0 atom stereocenters. The largest absolute Gasteiger partial charge is 0.361 e. The molecule has 3 aromatic heterocycles. The van der Waals surface area contributed by atoms with Gasteiger partial charge in [-0.05, 0) is 0 Å². The van der Waals surface area contributed by atoms with Crippen LogP contribution in [0.5, 0.6) is 0 Å². The third kappa shape index (κ3) is 2.46. The minimum Gasteiger partial charge on any atom is -0.361 e. The maximum Gasteiger partial charge on any atom is 0.191 e. The van der Waals surface area contributed by atoms with Gasteiger partial charge in [0, 0.05) is 48.9 Å². The lowest BCUT2D eigenvalue weighted by atomic mass is 10.1. The lowest BCUT2D eigenvalue weighted by Gasteiger charge is -2.08. The molecule has 3 rings (SSSR count). The molecule has 3 aromatic rings. The van der Waals surface area contributed by atoms with Gasteiger partial charge >= 0.3 is 0 Å². The highest BCUT2D eigenvalue weighted by molar-refractivity contribution is 5.76. The summed E-state index contributed by atoms with van der Waals surface area (Å²) in [5, 5.41) is 0. The lowest BCUT2D eigenvalue weighted by molar-refractivity contribution is 1.21. The minimum absolute atomic E-state index is 0.180. The van der Waals surface area contributed by atoms with Crippen molar-refractivity contribution >= 4 is 0 Å². The maximum atomic E-state index is 12.2. The summed E-state index contributed by atoms with van der Waals surface area (Å²) in [6, 6.07) is 6.84. The van der Waals surface area contributed by atoms with Gasteiger partial charge in [-0.3, -0.25) is 14.4 Å². The van der Waals surface area contributed by atoms with Gasteiger partial charge in [0.1, 0.15) is 0 Å². The van der Waals surface area contributed by atoms with E-state index in [-0.39, 0.29) is 16.3 Å². The number of H-pyrrole nitrogens is 3. The highest BCUT2D eigenvalue weighted by Crippen LogP contribution is 2.22. The van der Waals surface area contributed by atoms with Gasteiger partial charge in [-0.1, -0.05) is 0 Å². The van der Waals surface area contributed by atoms with Gasteiger partial charge in [0.05, 0.1) is 22.6 Å². The summed E-state index contributed by atoms with van der Waals surface area (Å²) in [5.41, 5.74) is 0.971. The Labute approximate surface area is 118 Å². The fraction of sp³-hybridized carbons (Fsp3) is 0. The number of nitrogens with one attached hydrogen (secondary N) is 3. The second-order valence-corrected chi connectivity index (χ2v) is 4.47. The molecule has 0 aliphatic carbocycles. The molecule has 0 aliphatic rings. The van der Waals surface area contributed by atoms with E-state index in [0.29, 0.717) is 22.6 Å². The van der Waals surface area contributed by atoms with E-state index in [0.717, 1.165) is 0 Å². The molecule has 0 amide bonds. The first-order chi connectivity index (χ1) is 10.1. The Kier molecular flexibility index (Phi) is 3.12. The van der Waals surface area contributed by atoms with Crippen LogP contribution in [0, 0.1) is 0 Å². The number of pyridine rings is 3. The fourth-order valence-corrected chi connectivity index (χ4v) is 2.14. The van der Waals surface area contributed by atoms with Gasteiger partial charge in [-0.2, -0.15) is 0 Å². The standard InChI is InChI=1S/C15H11N3O3/c19-9-1-4-16-11(7-9)14-13(21)3-6-18-15(14)12-8-10(20)2-5-17-12/h1-8H,(H,16,19)(H,17,20)(H,18,21). The molecule has 0 bridgehead atoms. The highest BCUT2D eigenvalue weighted by atomic mass is 16.1.